The van der Waals surface area contributed by atoms with E-state index in [-0.39, 0.29) is 11.8 Å². The summed E-state index contributed by atoms with van der Waals surface area (Å²) in [5.74, 6) is 0.205. The summed E-state index contributed by atoms with van der Waals surface area (Å²) < 4.78 is 0. The first-order valence-electron chi connectivity index (χ1n) is 10.5. The highest BCUT2D eigenvalue weighted by Gasteiger charge is 2.22. The van der Waals surface area contributed by atoms with Gasteiger partial charge in [-0.25, -0.2) is 0 Å². The van der Waals surface area contributed by atoms with Gasteiger partial charge in [-0.15, -0.1) is 0 Å². The molecule has 1 heterocycles. The number of anilines is 1. The first kappa shape index (κ1) is 21.1. The van der Waals surface area contributed by atoms with Gasteiger partial charge in [0.2, 0.25) is 11.8 Å². The second-order valence-corrected chi connectivity index (χ2v) is 7.70. The topological polar surface area (TPSA) is 52.7 Å². The molecule has 0 bridgehead atoms. The molecule has 0 atom stereocenters. The summed E-state index contributed by atoms with van der Waals surface area (Å²) in [5, 5.41) is 3.02. The van der Waals surface area contributed by atoms with E-state index in [1.807, 2.05) is 29.2 Å². The molecule has 1 N–H and O–H groups in total. The Kier molecular flexibility index (Phi) is 7.42. The van der Waals surface area contributed by atoms with Gasteiger partial charge in [0.15, 0.2) is 0 Å². The Labute approximate surface area is 173 Å². The van der Waals surface area contributed by atoms with Crippen LogP contribution in [-0.2, 0) is 22.4 Å². The van der Waals surface area contributed by atoms with E-state index >= 15 is 0 Å². The summed E-state index contributed by atoms with van der Waals surface area (Å²) in [6.45, 7) is 7.36. The van der Waals surface area contributed by atoms with Gasteiger partial charge >= 0.3 is 0 Å². The number of nitrogens with one attached hydrogen (secondary N) is 1. The quantitative estimate of drug-likeness (QED) is 0.786. The number of carbonyl (C=O) groups is 2. The van der Waals surface area contributed by atoms with E-state index in [2.05, 4.69) is 48.3 Å². The minimum Gasteiger partial charge on any atom is -0.340 e. The number of rotatable bonds is 7. The highest BCUT2D eigenvalue weighted by atomic mass is 16.2. The molecule has 0 spiro atoms. The highest BCUT2D eigenvalue weighted by Crippen LogP contribution is 2.15. The number of hydrogen-bond acceptors (Lipinski definition) is 3. The smallest absolute Gasteiger partial charge is 0.238 e. The van der Waals surface area contributed by atoms with Crippen molar-refractivity contribution >= 4 is 17.5 Å². The maximum absolute atomic E-state index is 12.5. The van der Waals surface area contributed by atoms with E-state index in [1.54, 1.807) is 0 Å². The zero-order valence-corrected chi connectivity index (χ0v) is 17.5. The number of nitrogens with zero attached hydrogens (tertiary/aromatic N) is 2. The fourth-order valence-electron chi connectivity index (χ4n) is 3.66. The molecule has 0 radical (unpaired) electrons. The van der Waals surface area contributed by atoms with Crippen LogP contribution in [0.4, 0.5) is 5.69 Å². The molecular formula is C24H31N3O2. The van der Waals surface area contributed by atoms with Gasteiger partial charge in [0.1, 0.15) is 0 Å². The molecule has 3 rings (SSSR count). The van der Waals surface area contributed by atoms with Crippen molar-refractivity contribution in [2.75, 3.05) is 38.0 Å². The molecule has 1 saturated heterocycles. The van der Waals surface area contributed by atoms with Gasteiger partial charge in [-0.2, -0.15) is 0 Å². The molecule has 154 valence electrons. The van der Waals surface area contributed by atoms with Crippen molar-refractivity contribution < 1.29 is 9.59 Å². The van der Waals surface area contributed by atoms with Crippen LogP contribution in [0.1, 0.15) is 30.0 Å². The predicted octanol–water partition coefficient (Wildman–Crippen LogP) is 3.27. The lowest BCUT2D eigenvalue weighted by Gasteiger charge is -2.34. The van der Waals surface area contributed by atoms with E-state index in [9.17, 15) is 9.59 Å². The van der Waals surface area contributed by atoms with Gasteiger partial charge in [-0.05, 0) is 37.0 Å². The van der Waals surface area contributed by atoms with Crippen LogP contribution in [0.15, 0.2) is 48.5 Å². The molecule has 2 aromatic rings. The molecular weight excluding hydrogens is 362 g/mol. The summed E-state index contributed by atoms with van der Waals surface area (Å²) in [5.41, 5.74) is 4.47. The van der Waals surface area contributed by atoms with Crippen LogP contribution in [0, 0.1) is 6.92 Å². The molecule has 2 amide bonds. The third-order valence-electron chi connectivity index (χ3n) is 5.51. The third-order valence-corrected chi connectivity index (χ3v) is 5.51. The number of carbonyl (C=O) groups excluding carboxylic acids is 2. The monoisotopic (exact) mass is 393 g/mol. The minimum atomic E-state index is 0.00467. The van der Waals surface area contributed by atoms with Crippen LogP contribution < -0.4 is 5.32 Å². The summed E-state index contributed by atoms with van der Waals surface area (Å²) in [6.07, 6.45) is 2.20. The van der Waals surface area contributed by atoms with Crippen molar-refractivity contribution in [3.05, 3.63) is 65.2 Å². The van der Waals surface area contributed by atoms with E-state index in [0.29, 0.717) is 26.1 Å². The van der Waals surface area contributed by atoms with Gasteiger partial charge in [0.25, 0.3) is 0 Å². The normalized spacial score (nSPS) is 14.6. The molecule has 2 aromatic carbocycles. The average molecular weight is 394 g/mol. The van der Waals surface area contributed by atoms with Crippen LogP contribution in [0.5, 0.6) is 0 Å². The maximum Gasteiger partial charge on any atom is 0.238 e. The number of aryl methyl sites for hydroxylation is 3. The number of para-hydroxylation sites is 1. The molecule has 5 heteroatoms. The number of benzene rings is 2. The van der Waals surface area contributed by atoms with E-state index < -0.39 is 0 Å². The fourth-order valence-corrected chi connectivity index (χ4v) is 3.66. The van der Waals surface area contributed by atoms with Crippen LogP contribution in [0.3, 0.4) is 0 Å². The van der Waals surface area contributed by atoms with Gasteiger partial charge in [0, 0.05) is 38.3 Å². The summed E-state index contributed by atoms with van der Waals surface area (Å²) in [4.78, 5) is 29.0. The molecule has 0 aromatic heterocycles. The fraction of sp³-hybridized carbons (Fsp3) is 0.417. The Morgan fingerprint density at radius 1 is 0.966 bits per heavy atom. The van der Waals surface area contributed by atoms with Gasteiger partial charge in [0.05, 0.1) is 6.54 Å². The Hall–Kier alpha value is -2.66. The van der Waals surface area contributed by atoms with Crippen molar-refractivity contribution in [1.82, 2.24) is 9.80 Å². The van der Waals surface area contributed by atoms with Crippen LogP contribution in [0.2, 0.25) is 0 Å². The largest absolute Gasteiger partial charge is 0.340 e. The number of piperazine rings is 1. The number of amides is 2. The third kappa shape index (κ3) is 6.16. The summed E-state index contributed by atoms with van der Waals surface area (Å²) in [7, 11) is 0. The SMILES string of the molecule is CCc1ccccc1NC(=O)CN1CCN(C(=O)CCc2ccc(C)cc2)CC1. The molecule has 1 fully saturated rings. The first-order chi connectivity index (χ1) is 14.0. The van der Waals surface area contributed by atoms with Crippen molar-refractivity contribution in [3.63, 3.8) is 0 Å². The molecule has 1 aliphatic rings. The van der Waals surface area contributed by atoms with Crippen LogP contribution >= 0.6 is 0 Å². The van der Waals surface area contributed by atoms with Crippen molar-refractivity contribution in [1.29, 1.82) is 0 Å². The minimum absolute atomic E-state index is 0.00467. The Morgan fingerprint density at radius 3 is 2.34 bits per heavy atom. The van der Waals surface area contributed by atoms with Crippen molar-refractivity contribution in [2.45, 2.75) is 33.1 Å². The number of hydrogen-bond donors (Lipinski definition) is 1. The predicted molar refractivity (Wildman–Crippen MR) is 117 cm³/mol. The molecule has 5 nitrogen and oxygen atoms in total. The standard InChI is InChI=1S/C24H31N3O2/c1-3-21-6-4-5-7-22(21)25-23(28)18-26-14-16-27(17-15-26)24(29)13-12-20-10-8-19(2)9-11-20/h4-11H,3,12-18H2,1-2H3,(H,25,28). The van der Waals surface area contributed by atoms with Crippen LogP contribution in [0.25, 0.3) is 0 Å². The highest BCUT2D eigenvalue weighted by molar-refractivity contribution is 5.93. The molecule has 1 aliphatic heterocycles. The van der Waals surface area contributed by atoms with Crippen LogP contribution in [-0.4, -0.2) is 54.3 Å². The summed E-state index contributed by atoms with van der Waals surface area (Å²) in [6, 6.07) is 16.3. The maximum atomic E-state index is 12.5. The lowest BCUT2D eigenvalue weighted by molar-refractivity contribution is -0.133. The Balaban J connectivity index is 1.41. The first-order valence-corrected chi connectivity index (χ1v) is 10.5. The van der Waals surface area contributed by atoms with Crippen molar-refractivity contribution in [2.24, 2.45) is 0 Å². The average Bonchev–Trinajstić information content (AvgIpc) is 2.74. The van der Waals surface area contributed by atoms with Crippen molar-refractivity contribution in [3.8, 4) is 0 Å². The molecule has 0 unspecified atom stereocenters. The van der Waals surface area contributed by atoms with Gasteiger partial charge in [-0.1, -0.05) is 55.0 Å². The zero-order chi connectivity index (χ0) is 20.6. The van der Waals surface area contributed by atoms with Gasteiger partial charge < -0.3 is 10.2 Å². The molecule has 29 heavy (non-hydrogen) atoms. The van der Waals surface area contributed by atoms with E-state index in [1.165, 1.54) is 11.1 Å². The van der Waals surface area contributed by atoms with E-state index in [4.69, 9.17) is 0 Å². The van der Waals surface area contributed by atoms with E-state index in [0.717, 1.165) is 37.2 Å². The molecule has 0 aliphatic carbocycles. The van der Waals surface area contributed by atoms with Gasteiger partial charge in [-0.3, -0.25) is 14.5 Å². The second kappa shape index (κ2) is 10.2. The summed E-state index contributed by atoms with van der Waals surface area (Å²) >= 11 is 0. The second-order valence-electron chi connectivity index (χ2n) is 7.70. The Morgan fingerprint density at radius 2 is 1.66 bits per heavy atom. The Bertz CT molecular complexity index is 824. The molecule has 0 saturated carbocycles. The lowest BCUT2D eigenvalue weighted by Crippen LogP contribution is -2.50. The zero-order valence-electron chi connectivity index (χ0n) is 17.5. The lowest BCUT2D eigenvalue weighted by atomic mass is 10.1.